The summed E-state index contributed by atoms with van der Waals surface area (Å²) in [5.41, 5.74) is 1.03. The molecule has 1 spiro atoms. The maximum Gasteiger partial charge on any atom is 0.146 e. The fraction of sp³-hybridized carbons (Fsp3) is 0.600. The molecule has 0 N–H and O–H groups in total. The lowest BCUT2D eigenvalue weighted by molar-refractivity contribution is 0.0128. The van der Waals surface area contributed by atoms with E-state index in [0.29, 0.717) is 17.0 Å². The minimum Gasteiger partial charge on any atom is -0.381 e. The van der Waals surface area contributed by atoms with Gasteiger partial charge >= 0.3 is 0 Å². The zero-order chi connectivity index (χ0) is 13.3. The van der Waals surface area contributed by atoms with Crippen LogP contribution < -0.4 is 4.90 Å². The highest BCUT2D eigenvalue weighted by molar-refractivity contribution is 5.55. The van der Waals surface area contributed by atoms with Gasteiger partial charge in [0.1, 0.15) is 11.9 Å². The Balaban J connectivity index is 1.89. The Morgan fingerprint density at radius 2 is 2.21 bits per heavy atom. The Morgan fingerprint density at radius 3 is 2.95 bits per heavy atom. The van der Waals surface area contributed by atoms with Gasteiger partial charge < -0.3 is 9.64 Å². The lowest BCUT2D eigenvalue weighted by Gasteiger charge is -2.39. The van der Waals surface area contributed by atoms with Crippen molar-refractivity contribution in [2.45, 2.75) is 32.2 Å². The smallest absolute Gasteiger partial charge is 0.146 e. The van der Waals surface area contributed by atoms with E-state index in [1.54, 1.807) is 6.20 Å². The predicted octanol–water partition coefficient (Wildman–Crippen LogP) is 2.35. The zero-order valence-corrected chi connectivity index (χ0v) is 11.3. The molecule has 1 atom stereocenters. The normalized spacial score (nSPS) is 25.5. The standard InChI is InChI=1S/C15H19N3O/c1-12-15(5-9-19-10-6-15)4-8-18(12)14-13(11-16)3-2-7-17-14/h2-3,7,12H,4-6,8-10H2,1H3. The molecule has 4 heteroatoms. The summed E-state index contributed by atoms with van der Waals surface area (Å²) in [6.45, 7) is 5.00. The second kappa shape index (κ2) is 4.82. The summed E-state index contributed by atoms with van der Waals surface area (Å²) in [5, 5.41) is 9.23. The Kier molecular flexibility index (Phi) is 3.16. The van der Waals surface area contributed by atoms with Crippen molar-refractivity contribution in [1.82, 2.24) is 4.98 Å². The van der Waals surface area contributed by atoms with E-state index in [1.165, 1.54) is 6.42 Å². The largest absolute Gasteiger partial charge is 0.381 e. The number of pyridine rings is 1. The van der Waals surface area contributed by atoms with Gasteiger partial charge in [0.05, 0.1) is 5.56 Å². The lowest BCUT2D eigenvalue weighted by atomic mass is 9.74. The van der Waals surface area contributed by atoms with E-state index < -0.39 is 0 Å². The van der Waals surface area contributed by atoms with Gasteiger partial charge in [0.15, 0.2) is 0 Å². The van der Waals surface area contributed by atoms with Crippen molar-refractivity contribution in [3.05, 3.63) is 23.9 Å². The van der Waals surface area contributed by atoms with Crippen molar-refractivity contribution >= 4 is 5.82 Å². The monoisotopic (exact) mass is 257 g/mol. The Hall–Kier alpha value is -1.60. The third-order valence-corrected chi connectivity index (χ3v) is 4.87. The number of ether oxygens (including phenoxy) is 1. The van der Waals surface area contributed by atoms with Gasteiger partial charge in [-0.05, 0) is 43.7 Å². The van der Waals surface area contributed by atoms with Crippen LogP contribution in [-0.4, -0.2) is 30.8 Å². The first-order valence-electron chi connectivity index (χ1n) is 6.96. The summed E-state index contributed by atoms with van der Waals surface area (Å²) in [5.74, 6) is 0.848. The molecule has 0 radical (unpaired) electrons. The number of hydrogen-bond donors (Lipinski definition) is 0. The van der Waals surface area contributed by atoms with Gasteiger partial charge in [0.25, 0.3) is 0 Å². The summed E-state index contributed by atoms with van der Waals surface area (Å²) < 4.78 is 5.50. The fourth-order valence-corrected chi connectivity index (χ4v) is 3.52. The van der Waals surface area contributed by atoms with Crippen LogP contribution in [0.3, 0.4) is 0 Å². The Bertz CT molecular complexity index is 502. The molecule has 3 heterocycles. The predicted molar refractivity (Wildman–Crippen MR) is 72.9 cm³/mol. The van der Waals surface area contributed by atoms with Crippen LogP contribution in [0.4, 0.5) is 5.82 Å². The van der Waals surface area contributed by atoms with Crippen LogP contribution in [0.25, 0.3) is 0 Å². The maximum absolute atomic E-state index is 9.23. The molecule has 4 nitrogen and oxygen atoms in total. The highest BCUT2D eigenvalue weighted by atomic mass is 16.5. The molecule has 2 fully saturated rings. The summed E-state index contributed by atoms with van der Waals surface area (Å²) in [7, 11) is 0. The number of aromatic nitrogens is 1. The average molecular weight is 257 g/mol. The molecule has 3 rings (SSSR count). The molecule has 0 bridgehead atoms. The molecule has 1 unspecified atom stereocenters. The minimum absolute atomic E-state index is 0.350. The van der Waals surface area contributed by atoms with Crippen molar-refractivity contribution in [2.75, 3.05) is 24.7 Å². The summed E-state index contributed by atoms with van der Waals surface area (Å²) in [6, 6.07) is 6.36. The molecule has 0 amide bonds. The van der Waals surface area contributed by atoms with Crippen molar-refractivity contribution in [1.29, 1.82) is 5.26 Å². The van der Waals surface area contributed by atoms with Crippen molar-refractivity contribution < 1.29 is 4.74 Å². The molecule has 19 heavy (non-hydrogen) atoms. The quantitative estimate of drug-likeness (QED) is 0.775. The number of hydrogen-bond acceptors (Lipinski definition) is 4. The van der Waals surface area contributed by atoms with Crippen LogP contribution in [0, 0.1) is 16.7 Å². The van der Waals surface area contributed by atoms with Crippen LogP contribution in [0.2, 0.25) is 0 Å². The third-order valence-electron chi connectivity index (χ3n) is 4.87. The average Bonchev–Trinajstić information content (AvgIpc) is 2.77. The Labute approximate surface area is 114 Å². The van der Waals surface area contributed by atoms with Crippen LogP contribution in [0.1, 0.15) is 31.7 Å². The third kappa shape index (κ3) is 1.98. The highest BCUT2D eigenvalue weighted by Gasteiger charge is 2.46. The molecule has 0 aliphatic carbocycles. The first-order chi connectivity index (χ1) is 9.27. The van der Waals surface area contributed by atoms with Crippen LogP contribution in [-0.2, 0) is 4.74 Å². The van der Waals surface area contributed by atoms with E-state index in [1.807, 2.05) is 12.1 Å². The molecular formula is C15H19N3O. The highest BCUT2D eigenvalue weighted by Crippen LogP contribution is 2.46. The van der Waals surface area contributed by atoms with Crippen molar-refractivity contribution in [2.24, 2.45) is 5.41 Å². The number of anilines is 1. The summed E-state index contributed by atoms with van der Waals surface area (Å²) >= 11 is 0. The van der Waals surface area contributed by atoms with E-state index in [4.69, 9.17) is 4.74 Å². The van der Waals surface area contributed by atoms with Crippen molar-refractivity contribution in [3.8, 4) is 6.07 Å². The minimum atomic E-state index is 0.350. The van der Waals surface area contributed by atoms with Gasteiger partial charge in [-0.2, -0.15) is 5.26 Å². The van der Waals surface area contributed by atoms with E-state index in [0.717, 1.165) is 38.4 Å². The van der Waals surface area contributed by atoms with E-state index >= 15 is 0 Å². The molecule has 0 saturated carbocycles. The second-order valence-corrected chi connectivity index (χ2v) is 5.58. The molecular weight excluding hydrogens is 238 g/mol. The SMILES string of the molecule is CC1N(c2ncccc2C#N)CCC12CCOCC2. The summed E-state index contributed by atoms with van der Waals surface area (Å²) in [4.78, 5) is 6.74. The first-order valence-corrected chi connectivity index (χ1v) is 6.96. The molecule has 2 saturated heterocycles. The van der Waals surface area contributed by atoms with Crippen LogP contribution in [0.5, 0.6) is 0 Å². The second-order valence-electron chi connectivity index (χ2n) is 5.58. The van der Waals surface area contributed by atoms with Gasteiger partial charge in [-0.15, -0.1) is 0 Å². The molecule has 1 aromatic rings. The van der Waals surface area contributed by atoms with Gasteiger partial charge in [-0.3, -0.25) is 0 Å². The molecule has 2 aliphatic heterocycles. The lowest BCUT2D eigenvalue weighted by Crippen LogP contribution is -2.41. The van der Waals surface area contributed by atoms with Crippen molar-refractivity contribution in [3.63, 3.8) is 0 Å². The van der Waals surface area contributed by atoms with Gasteiger partial charge in [0, 0.05) is 32.0 Å². The summed E-state index contributed by atoms with van der Waals surface area (Å²) in [6.07, 6.45) is 5.20. The first kappa shape index (κ1) is 12.4. The number of nitrogens with zero attached hydrogens (tertiary/aromatic N) is 3. The van der Waals surface area contributed by atoms with E-state index in [9.17, 15) is 5.26 Å². The number of nitriles is 1. The topological polar surface area (TPSA) is 49.2 Å². The maximum atomic E-state index is 9.23. The zero-order valence-electron chi connectivity index (χ0n) is 11.3. The van der Waals surface area contributed by atoms with Gasteiger partial charge in [-0.1, -0.05) is 0 Å². The molecule has 100 valence electrons. The van der Waals surface area contributed by atoms with Crippen LogP contribution >= 0.6 is 0 Å². The number of rotatable bonds is 1. The van der Waals surface area contributed by atoms with Gasteiger partial charge in [-0.25, -0.2) is 4.98 Å². The fourth-order valence-electron chi connectivity index (χ4n) is 3.52. The van der Waals surface area contributed by atoms with E-state index in [2.05, 4.69) is 22.9 Å². The molecule has 1 aromatic heterocycles. The van der Waals surface area contributed by atoms with E-state index in [-0.39, 0.29) is 0 Å². The Morgan fingerprint density at radius 1 is 1.42 bits per heavy atom. The molecule has 0 aromatic carbocycles. The van der Waals surface area contributed by atoms with Gasteiger partial charge in [0.2, 0.25) is 0 Å². The van der Waals surface area contributed by atoms with Crippen LogP contribution in [0.15, 0.2) is 18.3 Å². The molecule has 2 aliphatic rings.